The molecule has 1 aliphatic rings. The summed E-state index contributed by atoms with van der Waals surface area (Å²) in [5, 5.41) is 2.74. The highest BCUT2D eigenvalue weighted by molar-refractivity contribution is 5.75. The molecule has 1 aromatic rings. The molecule has 2 rings (SSSR count). The van der Waals surface area contributed by atoms with E-state index in [1.54, 1.807) is 16.5 Å². The molecule has 0 aromatic carbocycles. The van der Waals surface area contributed by atoms with Gasteiger partial charge in [0.15, 0.2) is 0 Å². The Kier molecular flexibility index (Phi) is 3.78. The van der Waals surface area contributed by atoms with Crippen LogP contribution in [0.5, 0.6) is 5.75 Å². The van der Waals surface area contributed by atoms with E-state index in [1.165, 1.54) is 6.07 Å². The lowest BCUT2D eigenvalue weighted by Crippen LogP contribution is -2.58. The quantitative estimate of drug-likeness (QED) is 0.865. The van der Waals surface area contributed by atoms with Crippen LogP contribution in [0.4, 0.5) is 4.79 Å². The molecule has 0 unspecified atom stereocenters. The normalized spacial score (nSPS) is 15.0. The van der Waals surface area contributed by atoms with Crippen LogP contribution in [0.25, 0.3) is 0 Å². The van der Waals surface area contributed by atoms with Gasteiger partial charge in [0, 0.05) is 25.4 Å². The number of amides is 2. The van der Waals surface area contributed by atoms with Gasteiger partial charge in [-0.3, -0.25) is 4.79 Å². The van der Waals surface area contributed by atoms with Gasteiger partial charge in [-0.05, 0) is 19.9 Å². The molecule has 19 heavy (non-hydrogen) atoms. The first-order chi connectivity index (χ1) is 9.01. The summed E-state index contributed by atoms with van der Waals surface area (Å²) in [7, 11) is 1.72. The Morgan fingerprint density at radius 3 is 2.74 bits per heavy atom. The topological polar surface area (TPSA) is 63.6 Å². The van der Waals surface area contributed by atoms with Crippen LogP contribution < -0.4 is 15.6 Å². The first-order valence-electron chi connectivity index (χ1n) is 6.38. The number of nitrogens with one attached hydrogen (secondary N) is 1. The molecule has 1 aromatic heterocycles. The zero-order valence-corrected chi connectivity index (χ0v) is 11.5. The molecule has 0 atom stereocenters. The number of pyridine rings is 1. The van der Waals surface area contributed by atoms with E-state index in [0.717, 1.165) is 5.69 Å². The summed E-state index contributed by atoms with van der Waals surface area (Å²) in [6.45, 7) is 5.47. The van der Waals surface area contributed by atoms with E-state index in [9.17, 15) is 9.59 Å². The molecule has 104 valence electrons. The Morgan fingerprint density at radius 2 is 2.16 bits per heavy atom. The molecule has 2 heterocycles. The van der Waals surface area contributed by atoms with Crippen LogP contribution in [-0.2, 0) is 7.05 Å². The largest absolute Gasteiger partial charge is 0.486 e. The zero-order chi connectivity index (χ0) is 14.0. The van der Waals surface area contributed by atoms with Crippen LogP contribution in [0.15, 0.2) is 16.9 Å². The third kappa shape index (κ3) is 2.89. The summed E-state index contributed by atoms with van der Waals surface area (Å²) in [5.74, 6) is 0.571. The van der Waals surface area contributed by atoms with Crippen LogP contribution in [0.1, 0.15) is 12.6 Å². The maximum Gasteiger partial charge on any atom is 0.317 e. The Balaban J connectivity index is 1.91. The average Bonchev–Trinajstić information content (AvgIpc) is 2.30. The van der Waals surface area contributed by atoms with Crippen LogP contribution in [-0.4, -0.2) is 41.2 Å². The van der Waals surface area contributed by atoms with Crippen molar-refractivity contribution >= 4 is 6.03 Å². The second kappa shape index (κ2) is 5.34. The molecule has 0 radical (unpaired) electrons. The van der Waals surface area contributed by atoms with Crippen molar-refractivity contribution in [3.8, 4) is 5.75 Å². The number of nitrogens with zero attached hydrogens (tertiary/aromatic N) is 2. The first kappa shape index (κ1) is 13.5. The number of hydrogen-bond acceptors (Lipinski definition) is 3. The van der Waals surface area contributed by atoms with Crippen molar-refractivity contribution in [1.29, 1.82) is 0 Å². The van der Waals surface area contributed by atoms with Crippen molar-refractivity contribution < 1.29 is 9.53 Å². The zero-order valence-electron chi connectivity index (χ0n) is 11.5. The van der Waals surface area contributed by atoms with Gasteiger partial charge in [-0.2, -0.15) is 0 Å². The number of urea groups is 1. The van der Waals surface area contributed by atoms with Crippen molar-refractivity contribution in [3.05, 3.63) is 28.2 Å². The summed E-state index contributed by atoms with van der Waals surface area (Å²) in [6.07, 6.45) is -0.0332. The lowest BCUT2D eigenvalue weighted by molar-refractivity contribution is 0.0444. The van der Waals surface area contributed by atoms with E-state index in [-0.39, 0.29) is 17.7 Å². The molecule has 1 N–H and O–H groups in total. The molecule has 1 saturated heterocycles. The van der Waals surface area contributed by atoms with Gasteiger partial charge in [0.1, 0.15) is 11.9 Å². The monoisotopic (exact) mass is 265 g/mol. The fourth-order valence-corrected chi connectivity index (χ4v) is 1.94. The van der Waals surface area contributed by atoms with Gasteiger partial charge in [0.2, 0.25) is 0 Å². The summed E-state index contributed by atoms with van der Waals surface area (Å²) in [4.78, 5) is 24.8. The van der Waals surface area contributed by atoms with E-state index < -0.39 is 0 Å². The number of ether oxygens (including phenoxy) is 1. The third-order valence-electron chi connectivity index (χ3n) is 3.24. The Morgan fingerprint density at radius 1 is 1.47 bits per heavy atom. The summed E-state index contributed by atoms with van der Waals surface area (Å²) in [6, 6.07) is 3.24. The Hall–Kier alpha value is -1.98. The van der Waals surface area contributed by atoms with Crippen molar-refractivity contribution in [3.63, 3.8) is 0 Å². The molecule has 6 heteroatoms. The molecule has 1 aliphatic heterocycles. The van der Waals surface area contributed by atoms with E-state index in [0.29, 0.717) is 25.4 Å². The second-order valence-electron chi connectivity index (χ2n) is 4.71. The van der Waals surface area contributed by atoms with Crippen molar-refractivity contribution in [2.45, 2.75) is 20.0 Å². The molecule has 2 amide bonds. The van der Waals surface area contributed by atoms with Crippen LogP contribution in [0.3, 0.4) is 0 Å². The van der Waals surface area contributed by atoms with Crippen molar-refractivity contribution in [1.82, 2.24) is 14.8 Å². The lowest BCUT2D eigenvalue weighted by Gasteiger charge is -2.38. The molecular weight excluding hydrogens is 246 g/mol. The first-order valence-corrected chi connectivity index (χ1v) is 6.38. The number of carbonyl (C=O) groups excluding carboxylic acids is 1. The SMILES string of the molecule is CCNC(=O)N1CC(Oc2cc(C)n(C)c(=O)c2)C1. The summed E-state index contributed by atoms with van der Waals surface area (Å²) in [5.41, 5.74) is 0.761. The van der Waals surface area contributed by atoms with Crippen molar-refractivity contribution in [2.24, 2.45) is 7.05 Å². The number of hydrogen-bond donors (Lipinski definition) is 1. The standard InChI is InChI=1S/C13H19N3O3/c1-4-14-13(18)16-7-11(8-16)19-10-5-9(2)15(3)12(17)6-10/h5-6,11H,4,7-8H2,1-3H3,(H,14,18). The van der Waals surface area contributed by atoms with Crippen LogP contribution >= 0.6 is 0 Å². The van der Waals surface area contributed by atoms with Crippen molar-refractivity contribution in [2.75, 3.05) is 19.6 Å². The van der Waals surface area contributed by atoms with Gasteiger partial charge in [0.05, 0.1) is 13.1 Å². The maximum absolute atomic E-state index is 11.6. The number of aromatic nitrogens is 1. The minimum absolute atomic E-state index is 0.0332. The smallest absolute Gasteiger partial charge is 0.317 e. The van der Waals surface area contributed by atoms with E-state index in [4.69, 9.17) is 4.74 Å². The summed E-state index contributed by atoms with van der Waals surface area (Å²) >= 11 is 0. The molecule has 1 fully saturated rings. The third-order valence-corrected chi connectivity index (χ3v) is 3.24. The van der Waals surface area contributed by atoms with E-state index in [2.05, 4.69) is 5.32 Å². The molecule has 0 aliphatic carbocycles. The average molecular weight is 265 g/mol. The van der Waals surface area contributed by atoms with E-state index >= 15 is 0 Å². The fourth-order valence-electron chi connectivity index (χ4n) is 1.94. The molecule has 0 bridgehead atoms. The minimum Gasteiger partial charge on any atom is -0.486 e. The minimum atomic E-state index is -0.0881. The molecule has 0 spiro atoms. The molecule has 0 saturated carbocycles. The maximum atomic E-state index is 11.6. The number of aryl methyl sites for hydroxylation is 1. The summed E-state index contributed by atoms with van der Waals surface area (Å²) < 4.78 is 7.25. The number of rotatable bonds is 3. The molecule has 6 nitrogen and oxygen atoms in total. The van der Waals surface area contributed by atoms with Gasteiger partial charge in [-0.25, -0.2) is 4.79 Å². The predicted molar refractivity (Wildman–Crippen MR) is 71.5 cm³/mol. The Labute approximate surface area is 112 Å². The number of likely N-dealkylation sites (tertiary alicyclic amines) is 1. The van der Waals surface area contributed by atoms with E-state index in [1.807, 2.05) is 19.9 Å². The van der Waals surface area contributed by atoms with Crippen LogP contribution in [0, 0.1) is 6.92 Å². The van der Waals surface area contributed by atoms with Crippen LogP contribution in [0.2, 0.25) is 0 Å². The van der Waals surface area contributed by atoms with Gasteiger partial charge in [-0.1, -0.05) is 0 Å². The van der Waals surface area contributed by atoms with Gasteiger partial charge in [0.25, 0.3) is 5.56 Å². The van der Waals surface area contributed by atoms with Gasteiger partial charge in [-0.15, -0.1) is 0 Å². The highest BCUT2D eigenvalue weighted by Crippen LogP contribution is 2.17. The Bertz CT molecular complexity index is 532. The highest BCUT2D eigenvalue weighted by atomic mass is 16.5. The van der Waals surface area contributed by atoms with Gasteiger partial charge < -0.3 is 19.5 Å². The molecular formula is C13H19N3O3. The number of carbonyl (C=O) groups is 1. The predicted octanol–water partition coefficient (Wildman–Crippen LogP) is 0.486. The van der Waals surface area contributed by atoms with Gasteiger partial charge >= 0.3 is 6.03 Å². The fraction of sp³-hybridized carbons (Fsp3) is 0.538. The second-order valence-corrected chi connectivity index (χ2v) is 4.71. The lowest BCUT2D eigenvalue weighted by atomic mass is 10.2. The highest BCUT2D eigenvalue weighted by Gasteiger charge is 2.32.